The van der Waals surface area contributed by atoms with E-state index < -0.39 is 17.6 Å². The van der Waals surface area contributed by atoms with Gasteiger partial charge in [-0.15, -0.1) is 10.2 Å². The first-order chi connectivity index (χ1) is 15.1. The molecule has 0 saturated carbocycles. The van der Waals surface area contributed by atoms with E-state index in [-0.39, 0.29) is 8.67 Å². The molecule has 0 aliphatic carbocycles. The van der Waals surface area contributed by atoms with Gasteiger partial charge >= 0.3 is 17.6 Å². The first-order valence-corrected chi connectivity index (χ1v) is 23.2. The third-order valence-corrected chi connectivity index (χ3v) is 22.4. The summed E-state index contributed by atoms with van der Waals surface area (Å²) in [5.41, 5.74) is 0. The van der Waals surface area contributed by atoms with E-state index in [1.165, 1.54) is 6.04 Å². The van der Waals surface area contributed by atoms with Gasteiger partial charge in [-0.1, -0.05) is 23.3 Å². The van der Waals surface area contributed by atoms with Crippen LogP contribution in [0.4, 0.5) is 0 Å². The Hall–Kier alpha value is 1.81. The van der Waals surface area contributed by atoms with E-state index in [0.717, 1.165) is 30.7 Å². The molecule has 0 atom stereocenters. The van der Waals surface area contributed by atoms with Crippen LogP contribution in [0.5, 0.6) is 0 Å². The van der Waals surface area contributed by atoms with Gasteiger partial charge < -0.3 is 26.6 Å². The van der Waals surface area contributed by atoms with Gasteiger partial charge in [-0.05, 0) is 67.6 Å². The van der Waals surface area contributed by atoms with E-state index in [2.05, 4.69) is 10.2 Å². The number of rotatable bonds is 24. The van der Waals surface area contributed by atoms with E-state index in [4.69, 9.17) is 26.6 Å². The molecule has 0 unspecified atom stereocenters. The largest absolute Gasteiger partial charge is 0.500 e. The quantitative estimate of drug-likeness (QED) is 0.0782. The van der Waals surface area contributed by atoms with E-state index in [1.54, 1.807) is 0 Å². The first kappa shape index (κ1) is 32.8. The third-order valence-electron chi connectivity index (χ3n) is 3.98. The number of hydrogen-bond acceptors (Lipinski definition) is 10. The average Bonchev–Trinajstić information content (AvgIpc) is 2.73. The van der Waals surface area contributed by atoms with Crippen LogP contribution in [0.2, 0.25) is 18.1 Å². The Labute approximate surface area is 210 Å². The molecule has 13 heteroatoms. The zero-order chi connectivity index (χ0) is 23.3. The second kappa shape index (κ2) is 22.3. The summed E-state index contributed by atoms with van der Waals surface area (Å²) in [5, 5.41) is 0. The highest BCUT2D eigenvalue weighted by atomic mass is 33.7. The van der Waals surface area contributed by atoms with Gasteiger partial charge in [0.15, 0.2) is 0 Å². The molecule has 31 heavy (non-hydrogen) atoms. The minimum absolute atomic E-state index is 0.134. The van der Waals surface area contributed by atoms with Gasteiger partial charge in [0.05, 0.1) is 0 Å². The predicted octanol–water partition coefficient (Wildman–Crippen LogP) is 6.04. The van der Waals surface area contributed by atoms with Crippen LogP contribution >= 0.6 is 40.7 Å². The molecule has 0 aromatic rings. The molecular formula is C18H44O6S4Si3. The number of hydrogen-bond donors (Lipinski definition) is 0. The highest BCUT2D eigenvalue weighted by Crippen LogP contribution is 2.43. The summed E-state index contributed by atoms with van der Waals surface area (Å²) in [6, 6.07) is 3.12. The van der Waals surface area contributed by atoms with Crippen LogP contribution in [-0.4, -0.2) is 71.7 Å². The van der Waals surface area contributed by atoms with E-state index in [0.29, 0.717) is 39.6 Å². The molecule has 0 aromatic heterocycles. The van der Waals surface area contributed by atoms with Crippen molar-refractivity contribution in [2.24, 2.45) is 0 Å². The highest BCUT2D eigenvalue weighted by molar-refractivity contribution is 9.28. The van der Waals surface area contributed by atoms with Crippen molar-refractivity contribution in [3.8, 4) is 0 Å². The molecule has 188 valence electrons. The first-order valence-electron chi connectivity index (χ1n) is 11.5. The predicted molar refractivity (Wildman–Crippen MR) is 149 cm³/mol. The van der Waals surface area contributed by atoms with Gasteiger partial charge in [0.1, 0.15) is 8.67 Å². The Bertz CT molecular complexity index is 337. The molecule has 0 saturated heterocycles. The molecule has 0 aliphatic heterocycles. The van der Waals surface area contributed by atoms with Crippen molar-refractivity contribution in [2.45, 2.75) is 72.5 Å². The molecule has 0 amide bonds. The van der Waals surface area contributed by atoms with Gasteiger partial charge in [-0.25, -0.2) is 0 Å². The summed E-state index contributed by atoms with van der Waals surface area (Å²) < 4.78 is 35.5. The molecule has 0 spiro atoms. The molecule has 0 fully saturated rings. The van der Waals surface area contributed by atoms with Gasteiger partial charge in [0.2, 0.25) is 0 Å². The van der Waals surface area contributed by atoms with Crippen LogP contribution in [0.15, 0.2) is 0 Å². The second-order valence-electron chi connectivity index (χ2n) is 6.30. The summed E-state index contributed by atoms with van der Waals surface area (Å²) in [7, 11) is 2.73. The van der Waals surface area contributed by atoms with Gasteiger partial charge in [0, 0.05) is 57.5 Å². The minimum atomic E-state index is -2.47. The second-order valence-corrected chi connectivity index (χ2v) is 22.1. The molecule has 6 nitrogen and oxygen atoms in total. The van der Waals surface area contributed by atoms with E-state index >= 15 is 0 Å². The lowest BCUT2D eigenvalue weighted by Gasteiger charge is -2.28. The fraction of sp³-hybridized carbons (Fsp3) is 1.00. The van der Waals surface area contributed by atoms with Crippen LogP contribution in [0.3, 0.4) is 0 Å². The van der Waals surface area contributed by atoms with Crippen molar-refractivity contribution in [2.75, 3.05) is 45.4 Å². The molecule has 0 bridgehead atoms. The summed E-state index contributed by atoms with van der Waals surface area (Å²) in [4.78, 5) is 0. The zero-order valence-corrected chi connectivity index (χ0v) is 27.0. The van der Waals surface area contributed by atoms with E-state index in [1.807, 2.05) is 72.0 Å². The fourth-order valence-corrected chi connectivity index (χ4v) is 22.2. The average molecular weight is 569 g/mol. The lowest BCUT2D eigenvalue weighted by atomic mass is 10.6. The van der Waals surface area contributed by atoms with Crippen LogP contribution in [-0.2, 0) is 26.6 Å². The summed E-state index contributed by atoms with van der Waals surface area (Å²) in [6.07, 6.45) is 2.20. The Morgan fingerprint density at radius 1 is 0.581 bits per heavy atom. The van der Waals surface area contributed by atoms with Crippen LogP contribution < -0.4 is 0 Å². The topological polar surface area (TPSA) is 55.4 Å². The van der Waals surface area contributed by atoms with Crippen molar-refractivity contribution < 1.29 is 26.6 Å². The smallest absolute Gasteiger partial charge is 0.374 e. The monoisotopic (exact) mass is 568 g/mol. The Kier molecular flexibility index (Phi) is 23.6. The molecule has 0 radical (unpaired) electrons. The fourth-order valence-electron chi connectivity index (χ4n) is 2.96. The maximum atomic E-state index is 5.93. The molecule has 0 N–H and O–H groups in total. The lowest BCUT2D eigenvalue weighted by Crippen LogP contribution is -2.46. The molecule has 0 aliphatic rings. The van der Waals surface area contributed by atoms with Gasteiger partial charge in [0.25, 0.3) is 0 Å². The Morgan fingerprint density at radius 3 is 1.42 bits per heavy atom. The Morgan fingerprint density at radius 2 is 1.00 bits per heavy atom. The third kappa shape index (κ3) is 16.2. The summed E-state index contributed by atoms with van der Waals surface area (Å²) in [5.74, 6) is 1.09. The Balaban J connectivity index is 3.91. The van der Waals surface area contributed by atoms with Crippen molar-refractivity contribution in [1.29, 1.82) is 0 Å². The maximum absolute atomic E-state index is 5.93. The van der Waals surface area contributed by atoms with Crippen LogP contribution in [0.1, 0.15) is 54.4 Å². The van der Waals surface area contributed by atoms with E-state index in [9.17, 15) is 0 Å². The molecule has 0 heterocycles. The highest BCUT2D eigenvalue weighted by Gasteiger charge is 2.40. The summed E-state index contributed by atoms with van der Waals surface area (Å²) >= 11 is 0. The van der Waals surface area contributed by atoms with Crippen LogP contribution in [0, 0.1) is 0 Å². The SMILES string of the molecule is CCO[Si](CCC[SiH2]SSSSCCC[Si](OCC)(OCC)OCC)(OCC)OCC. The van der Waals surface area contributed by atoms with Crippen molar-refractivity contribution in [1.82, 2.24) is 0 Å². The molecule has 0 rings (SSSR count). The van der Waals surface area contributed by atoms with Gasteiger partial charge in [-0.2, -0.15) is 0 Å². The van der Waals surface area contributed by atoms with Gasteiger partial charge in [-0.3, -0.25) is 0 Å². The van der Waals surface area contributed by atoms with Crippen molar-refractivity contribution in [3.63, 3.8) is 0 Å². The lowest BCUT2D eigenvalue weighted by molar-refractivity contribution is 0.0704. The summed E-state index contributed by atoms with van der Waals surface area (Å²) in [6.45, 7) is 16.0. The normalized spacial score (nSPS) is 13.0. The maximum Gasteiger partial charge on any atom is 0.500 e. The molecular weight excluding hydrogens is 525 g/mol. The standard InChI is InChI=1S/C18H44O6S4Si3/c1-7-19-30(20-8-2,21-9-3)17-13-15-25-26-27-28-29-16-14-18-31(22-10-4,23-11-5)24-12-6/h7-18,29H2,1-6H3. The zero-order valence-electron chi connectivity index (χ0n) is 20.3. The van der Waals surface area contributed by atoms with Crippen LogP contribution in [0.25, 0.3) is 0 Å². The molecule has 0 aromatic carbocycles. The van der Waals surface area contributed by atoms with Crippen molar-refractivity contribution in [3.05, 3.63) is 0 Å². The van der Waals surface area contributed by atoms with Crippen molar-refractivity contribution >= 4 is 67.0 Å². The minimum Gasteiger partial charge on any atom is -0.374 e.